The Morgan fingerprint density at radius 1 is 0.957 bits per heavy atom. The van der Waals surface area contributed by atoms with Crippen molar-refractivity contribution in [3.05, 3.63) is 41.1 Å². The van der Waals surface area contributed by atoms with Gasteiger partial charge in [0.25, 0.3) is 0 Å². The molecule has 0 aromatic heterocycles. The van der Waals surface area contributed by atoms with Crippen LogP contribution in [0, 0.1) is 0 Å². The standard InChI is InChI=1S/C20H34NPSi/c1-14(2)22(15(3)4)19-16-12-10-11-13-17(16)20(23(7,8)9)18(19)21(5)6/h10-15,19H,1-9H3. The average Bonchev–Trinajstić information content (AvgIpc) is 2.73. The minimum atomic E-state index is -1.41. The first-order chi connectivity index (χ1) is 10.6. The van der Waals surface area contributed by atoms with E-state index in [0.29, 0.717) is 5.66 Å². The van der Waals surface area contributed by atoms with Crippen molar-refractivity contribution >= 4 is 21.2 Å². The Morgan fingerprint density at radius 3 is 1.91 bits per heavy atom. The fourth-order valence-electron chi connectivity index (χ4n) is 4.14. The number of hydrogen-bond acceptors (Lipinski definition) is 1. The fourth-order valence-corrected chi connectivity index (χ4v) is 10.0. The molecule has 1 aliphatic rings. The maximum atomic E-state index is 2.50. The number of hydrogen-bond donors (Lipinski definition) is 0. The number of benzene rings is 1. The van der Waals surface area contributed by atoms with Crippen LogP contribution in [0.25, 0.3) is 5.20 Å². The zero-order valence-electron chi connectivity index (χ0n) is 16.4. The summed E-state index contributed by atoms with van der Waals surface area (Å²) in [6, 6.07) is 9.24. The summed E-state index contributed by atoms with van der Waals surface area (Å²) in [4.78, 5) is 2.43. The Bertz CT molecular complexity index is 588. The molecule has 23 heavy (non-hydrogen) atoms. The quantitative estimate of drug-likeness (QED) is 0.453. The van der Waals surface area contributed by atoms with E-state index in [4.69, 9.17) is 0 Å². The van der Waals surface area contributed by atoms with E-state index in [9.17, 15) is 0 Å². The highest BCUT2D eigenvalue weighted by Gasteiger charge is 2.42. The van der Waals surface area contributed by atoms with Gasteiger partial charge in [-0.05, 0) is 27.6 Å². The minimum Gasteiger partial charge on any atom is -0.380 e. The number of fused-ring (bicyclic) bond motifs is 1. The first-order valence-electron chi connectivity index (χ1n) is 8.86. The SMILES string of the molecule is CC(C)P(C(C)C)C1C(N(C)C)=C([Si](C)(C)C)c2ccccc21. The van der Waals surface area contributed by atoms with Crippen LogP contribution in [0.2, 0.25) is 19.6 Å². The third kappa shape index (κ3) is 3.44. The van der Waals surface area contributed by atoms with Gasteiger partial charge >= 0.3 is 0 Å². The molecule has 1 aliphatic carbocycles. The van der Waals surface area contributed by atoms with Crippen LogP contribution >= 0.6 is 7.92 Å². The molecule has 0 saturated carbocycles. The van der Waals surface area contributed by atoms with Crippen molar-refractivity contribution in [1.82, 2.24) is 4.90 Å². The van der Waals surface area contributed by atoms with E-state index in [2.05, 4.69) is 90.6 Å². The third-order valence-electron chi connectivity index (χ3n) is 4.76. The first-order valence-corrected chi connectivity index (χ1v) is 13.9. The molecule has 1 nitrogen and oxygen atoms in total. The van der Waals surface area contributed by atoms with Gasteiger partial charge < -0.3 is 4.90 Å². The summed E-state index contributed by atoms with van der Waals surface area (Å²) in [5.41, 5.74) is 6.88. The largest absolute Gasteiger partial charge is 0.380 e. The summed E-state index contributed by atoms with van der Waals surface area (Å²) in [7, 11) is 3.01. The normalized spacial score (nSPS) is 18.3. The maximum Gasteiger partial charge on any atom is 0.0807 e. The van der Waals surface area contributed by atoms with Gasteiger partial charge in [-0.1, -0.05) is 79.5 Å². The van der Waals surface area contributed by atoms with Crippen LogP contribution in [-0.2, 0) is 0 Å². The first kappa shape index (κ1) is 18.7. The van der Waals surface area contributed by atoms with E-state index in [1.54, 1.807) is 22.0 Å². The van der Waals surface area contributed by atoms with E-state index < -0.39 is 8.07 Å². The second kappa shape index (κ2) is 6.73. The zero-order valence-corrected chi connectivity index (χ0v) is 18.3. The third-order valence-corrected chi connectivity index (χ3v) is 10.3. The number of likely N-dealkylation sites (N-methyl/N-ethyl adjacent to an activating group) is 1. The van der Waals surface area contributed by atoms with Crippen molar-refractivity contribution in [1.29, 1.82) is 0 Å². The lowest BCUT2D eigenvalue weighted by Gasteiger charge is -2.37. The molecule has 1 aromatic carbocycles. The molecular weight excluding hydrogens is 313 g/mol. The fraction of sp³-hybridized carbons (Fsp3) is 0.600. The van der Waals surface area contributed by atoms with Crippen LogP contribution in [-0.4, -0.2) is 38.4 Å². The van der Waals surface area contributed by atoms with Crippen molar-refractivity contribution in [2.75, 3.05) is 14.1 Å². The van der Waals surface area contributed by atoms with Gasteiger partial charge in [-0.25, -0.2) is 0 Å². The second-order valence-corrected chi connectivity index (χ2v) is 17.0. The van der Waals surface area contributed by atoms with Crippen molar-refractivity contribution in [3.63, 3.8) is 0 Å². The van der Waals surface area contributed by atoms with E-state index in [-0.39, 0.29) is 7.92 Å². The molecule has 0 aliphatic heterocycles. The molecule has 0 radical (unpaired) electrons. The number of allylic oxidation sites excluding steroid dienone is 1. The predicted octanol–water partition coefficient (Wildman–Crippen LogP) is 6.19. The van der Waals surface area contributed by atoms with E-state index in [0.717, 1.165) is 11.3 Å². The smallest absolute Gasteiger partial charge is 0.0807 e. The zero-order chi connectivity index (χ0) is 17.5. The molecule has 0 fully saturated rings. The van der Waals surface area contributed by atoms with Gasteiger partial charge in [0, 0.05) is 25.5 Å². The van der Waals surface area contributed by atoms with Crippen LogP contribution in [0.4, 0.5) is 0 Å². The van der Waals surface area contributed by atoms with Gasteiger partial charge in [0.2, 0.25) is 0 Å². The topological polar surface area (TPSA) is 3.24 Å². The van der Waals surface area contributed by atoms with E-state index in [1.807, 2.05) is 0 Å². The molecular formula is C20H34NPSi. The molecule has 0 saturated heterocycles. The van der Waals surface area contributed by atoms with Crippen LogP contribution in [0.15, 0.2) is 30.0 Å². The molecule has 1 aromatic rings. The van der Waals surface area contributed by atoms with Gasteiger partial charge in [0.1, 0.15) is 0 Å². The Balaban J connectivity index is 2.76. The summed E-state index contributed by atoms with van der Waals surface area (Å²) >= 11 is 0. The predicted molar refractivity (Wildman–Crippen MR) is 110 cm³/mol. The highest BCUT2D eigenvalue weighted by Crippen LogP contribution is 2.66. The Hall–Kier alpha value is -0.593. The van der Waals surface area contributed by atoms with Crippen LogP contribution in [0.5, 0.6) is 0 Å². The molecule has 1 unspecified atom stereocenters. The van der Waals surface area contributed by atoms with Gasteiger partial charge in [-0.2, -0.15) is 0 Å². The monoisotopic (exact) mass is 347 g/mol. The molecule has 128 valence electrons. The molecule has 0 amide bonds. The summed E-state index contributed by atoms with van der Waals surface area (Å²) in [5, 5.41) is 1.69. The second-order valence-electron chi connectivity index (χ2n) is 8.53. The number of nitrogens with zero attached hydrogens (tertiary/aromatic N) is 1. The lowest BCUT2D eigenvalue weighted by Crippen LogP contribution is -2.27. The highest BCUT2D eigenvalue weighted by molar-refractivity contribution is 7.59. The summed E-state index contributed by atoms with van der Waals surface area (Å²) in [6.07, 6.45) is 0. The summed E-state index contributed by atoms with van der Waals surface area (Å²) < 4.78 is 0. The Morgan fingerprint density at radius 2 is 1.48 bits per heavy atom. The van der Waals surface area contributed by atoms with Crippen molar-refractivity contribution < 1.29 is 0 Å². The minimum absolute atomic E-state index is 0.0892. The van der Waals surface area contributed by atoms with E-state index >= 15 is 0 Å². The molecule has 1 atom stereocenters. The Kier molecular flexibility index (Phi) is 5.48. The lowest BCUT2D eigenvalue weighted by atomic mass is 10.1. The van der Waals surface area contributed by atoms with Crippen LogP contribution in [0.3, 0.4) is 0 Å². The number of rotatable bonds is 5. The van der Waals surface area contributed by atoms with Gasteiger partial charge in [0.15, 0.2) is 0 Å². The van der Waals surface area contributed by atoms with Gasteiger partial charge in [0.05, 0.1) is 8.07 Å². The maximum absolute atomic E-state index is 2.50. The van der Waals surface area contributed by atoms with E-state index in [1.165, 1.54) is 0 Å². The van der Waals surface area contributed by atoms with Crippen molar-refractivity contribution in [2.45, 2.75) is 64.3 Å². The molecule has 2 rings (SSSR count). The van der Waals surface area contributed by atoms with Gasteiger partial charge in [-0.3, -0.25) is 0 Å². The molecule has 0 spiro atoms. The summed E-state index contributed by atoms with van der Waals surface area (Å²) in [5.74, 6) is 0. The molecule has 0 bridgehead atoms. The molecule has 0 heterocycles. The highest BCUT2D eigenvalue weighted by atomic mass is 31.1. The lowest BCUT2D eigenvalue weighted by molar-refractivity contribution is 0.500. The molecule has 3 heteroatoms. The van der Waals surface area contributed by atoms with Crippen LogP contribution < -0.4 is 0 Å². The van der Waals surface area contributed by atoms with Crippen molar-refractivity contribution in [3.8, 4) is 0 Å². The van der Waals surface area contributed by atoms with Crippen molar-refractivity contribution in [2.24, 2.45) is 0 Å². The average molecular weight is 348 g/mol. The summed E-state index contributed by atoms with van der Waals surface area (Å²) in [6.45, 7) is 17.2. The van der Waals surface area contributed by atoms with Crippen LogP contribution in [0.1, 0.15) is 44.5 Å². The molecule has 0 N–H and O–H groups in total. The van der Waals surface area contributed by atoms with Gasteiger partial charge in [-0.15, -0.1) is 0 Å². The Labute approximate surface area is 145 Å².